The highest BCUT2D eigenvalue weighted by molar-refractivity contribution is 5.97. The molecule has 0 spiro atoms. The molecule has 0 radical (unpaired) electrons. The molecule has 0 aromatic heterocycles. The zero-order valence-electron chi connectivity index (χ0n) is 14.5. The molecular weight excluding hydrogens is 324 g/mol. The third-order valence-electron chi connectivity index (χ3n) is 3.46. The van der Waals surface area contributed by atoms with Gasteiger partial charge in [0.25, 0.3) is 5.91 Å². The van der Waals surface area contributed by atoms with E-state index >= 15 is 0 Å². The summed E-state index contributed by atoms with van der Waals surface area (Å²) in [5.74, 6) is 1.85. The molecule has 2 aromatic carbocycles. The summed E-state index contributed by atoms with van der Waals surface area (Å²) in [5.41, 5.74) is 3.48. The Morgan fingerprint density at radius 2 is 1.52 bits per heavy atom. The number of hydrazone groups is 1. The second kappa shape index (κ2) is 8.58. The summed E-state index contributed by atoms with van der Waals surface area (Å²) in [5, 5.41) is 3.97. The number of nitrogens with one attached hydrogen (secondary N) is 1. The van der Waals surface area contributed by atoms with E-state index in [0.29, 0.717) is 34.1 Å². The maximum absolute atomic E-state index is 12.3. The maximum Gasteiger partial charge on any atom is 0.275 e. The van der Waals surface area contributed by atoms with Crippen LogP contribution in [0.2, 0.25) is 0 Å². The average Bonchev–Trinajstić information content (AvgIpc) is 2.67. The van der Waals surface area contributed by atoms with Crippen molar-refractivity contribution in [2.75, 3.05) is 28.4 Å². The highest BCUT2D eigenvalue weighted by atomic mass is 16.5. The van der Waals surface area contributed by atoms with Crippen LogP contribution in [0.1, 0.15) is 15.9 Å². The minimum atomic E-state index is -0.405. The Morgan fingerprint density at radius 1 is 0.880 bits per heavy atom. The molecule has 0 aliphatic heterocycles. The predicted octanol–water partition coefficient (Wildman–Crippen LogP) is 2.48. The quantitative estimate of drug-likeness (QED) is 0.617. The molecule has 1 N–H and O–H groups in total. The summed E-state index contributed by atoms with van der Waals surface area (Å²) in [6.45, 7) is 0. The molecule has 132 valence electrons. The van der Waals surface area contributed by atoms with Crippen molar-refractivity contribution in [1.82, 2.24) is 5.43 Å². The van der Waals surface area contributed by atoms with Gasteiger partial charge in [0.15, 0.2) is 0 Å². The van der Waals surface area contributed by atoms with Crippen molar-refractivity contribution in [2.24, 2.45) is 5.10 Å². The van der Waals surface area contributed by atoms with Gasteiger partial charge in [0.1, 0.15) is 23.0 Å². The molecule has 0 bridgehead atoms. The highest BCUT2D eigenvalue weighted by Crippen LogP contribution is 2.25. The van der Waals surface area contributed by atoms with E-state index in [1.165, 1.54) is 13.3 Å². The Bertz CT molecular complexity index is 774. The maximum atomic E-state index is 12.3. The fourth-order valence-electron chi connectivity index (χ4n) is 2.15. The zero-order valence-corrected chi connectivity index (χ0v) is 14.5. The second-order valence-electron chi connectivity index (χ2n) is 4.87. The summed E-state index contributed by atoms with van der Waals surface area (Å²) in [6.07, 6.45) is 1.48. The number of nitrogens with zero attached hydrogens (tertiary/aromatic N) is 1. The van der Waals surface area contributed by atoms with Gasteiger partial charge in [-0.3, -0.25) is 4.79 Å². The minimum absolute atomic E-state index is 0.345. The molecule has 0 saturated heterocycles. The van der Waals surface area contributed by atoms with E-state index in [4.69, 9.17) is 18.9 Å². The van der Waals surface area contributed by atoms with Crippen LogP contribution < -0.4 is 24.4 Å². The van der Waals surface area contributed by atoms with Gasteiger partial charge in [-0.1, -0.05) is 0 Å². The zero-order chi connectivity index (χ0) is 18.2. The van der Waals surface area contributed by atoms with E-state index < -0.39 is 5.91 Å². The molecule has 2 rings (SSSR count). The lowest BCUT2D eigenvalue weighted by Crippen LogP contribution is -2.18. The molecule has 0 atom stereocenters. The van der Waals surface area contributed by atoms with Crippen LogP contribution in [0, 0.1) is 0 Å². The smallest absolute Gasteiger partial charge is 0.275 e. The average molecular weight is 344 g/mol. The Balaban J connectivity index is 2.16. The molecule has 0 heterocycles. The van der Waals surface area contributed by atoms with Crippen molar-refractivity contribution in [3.63, 3.8) is 0 Å². The molecular formula is C18H20N2O5. The predicted molar refractivity (Wildman–Crippen MR) is 94.2 cm³/mol. The first kappa shape index (κ1) is 18.1. The van der Waals surface area contributed by atoms with Crippen LogP contribution in [-0.4, -0.2) is 40.6 Å². The number of benzene rings is 2. The molecule has 1 amide bonds. The molecule has 7 heteroatoms. The van der Waals surface area contributed by atoms with Crippen molar-refractivity contribution in [3.05, 3.63) is 47.5 Å². The molecule has 0 fully saturated rings. The molecule has 7 nitrogen and oxygen atoms in total. The molecule has 0 unspecified atom stereocenters. The summed E-state index contributed by atoms with van der Waals surface area (Å²) in [6, 6.07) is 10.2. The Kier molecular flexibility index (Phi) is 6.22. The SMILES string of the molecule is COc1ccc(OC)c(/C=N\NC(=O)c2ccc(OC)cc2OC)c1. The largest absolute Gasteiger partial charge is 0.497 e. The number of hydrogen-bond donors (Lipinski definition) is 1. The van der Waals surface area contributed by atoms with Gasteiger partial charge >= 0.3 is 0 Å². The number of hydrogen-bond acceptors (Lipinski definition) is 6. The molecule has 0 aliphatic rings. The lowest BCUT2D eigenvalue weighted by atomic mass is 10.2. The standard InChI is InChI=1S/C18H20N2O5/c1-22-13-6-8-16(24-3)12(9-13)11-19-20-18(21)15-7-5-14(23-2)10-17(15)25-4/h5-11H,1-4H3,(H,20,21)/b19-11-. The van der Waals surface area contributed by atoms with Gasteiger partial charge in [-0.15, -0.1) is 0 Å². The first-order chi connectivity index (χ1) is 12.1. The van der Waals surface area contributed by atoms with Crippen LogP contribution in [0.5, 0.6) is 23.0 Å². The van der Waals surface area contributed by atoms with E-state index in [-0.39, 0.29) is 0 Å². The third-order valence-corrected chi connectivity index (χ3v) is 3.46. The van der Waals surface area contributed by atoms with Gasteiger partial charge in [-0.2, -0.15) is 5.10 Å². The normalized spacial score (nSPS) is 10.4. The summed E-state index contributed by atoms with van der Waals surface area (Å²) >= 11 is 0. The van der Waals surface area contributed by atoms with Crippen LogP contribution in [-0.2, 0) is 0 Å². The first-order valence-corrected chi connectivity index (χ1v) is 7.40. The van der Waals surface area contributed by atoms with Crippen LogP contribution in [0.3, 0.4) is 0 Å². The Morgan fingerprint density at radius 3 is 2.16 bits per heavy atom. The number of ether oxygens (including phenoxy) is 4. The summed E-state index contributed by atoms with van der Waals surface area (Å²) in [7, 11) is 6.15. The van der Waals surface area contributed by atoms with E-state index in [1.54, 1.807) is 57.7 Å². The van der Waals surface area contributed by atoms with Crippen molar-refractivity contribution < 1.29 is 23.7 Å². The van der Waals surface area contributed by atoms with E-state index in [2.05, 4.69) is 10.5 Å². The minimum Gasteiger partial charge on any atom is -0.497 e. The van der Waals surface area contributed by atoms with Gasteiger partial charge in [0, 0.05) is 11.6 Å². The van der Waals surface area contributed by atoms with Crippen molar-refractivity contribution in [3.8, 4) is 23.0 Å². The Labute approximate surface area is 146 Å². The number of carbonyl (C=O) groups excluding carboxylic acids is 1. The van der Waals surface area contributed by atoms with E-state index in [0.717, 1.165) is 0 Å². The van der Waals surface area contributed by atoms with Crippen molar-refractivity contribution in [1.29, 1.82) is 0 Å². The second-order valence-corrected chi connectivity index (χ2v) is 4.87. The number of methoxy groups -OCH3 is 4. The fraction of sp³-hybridized carbons (Fsp3) is 0.222. The lowest BCUT2D eigenvalue weighted by molar-refractivity contribution is 0.0952. The van der Waals surface area contributed by atoms with Crippen LogP contribution in [0.15, 0.2) is 41.5 Å². The molecule has 0 saturated carbocycles. The fourth-order valence-corrected chi connectivity index (χ4v) is 2.15. The molecule has 25 heavy (non-hydrogen) atoms. The lowest BCUT2D eigenvalue weighted by Gasteiger charge is -2.09. The van der Waals surface area contributed by atoms with Gasteiger partial charge < -0.3 is 18.9 Å². The monoisotopic (exact) mass is 344 g/mol. The van der Waals surface area contributed by atoms with Crippen molar-refractivity contribution in [2.45, 2.75) is 0 Å². The van der Waals surface area contributed by atoms with Crippen LogP contribution >= 0.6 is 0 Å². The first-order valence-electron chi connectivity index (χ1n) is 7.40. The number of amides is 1. The van der Waals surface area contributed by atoms with E-state index in [9.17, 15) is 4.79 Å². The number of rotatable bonds is 7. The van der Waals surface area contributed by atoms with Crippen molar-refractivity contribution >= 4 is 12.1 Å². The van der Waals surface area contributed by atoms with Crippen LogP contribution in [0.4, 0.5) is 0 Å². The molecule has 0 aliphatic carbocycles. The molecule has 2 aromatic rings. The van der Waals surface area contributed by atoms with Gasteiger partial charge in [0.2, 0.25) is 0 Å². The Hall–Kier alpha value is -3.22. The van der Waals surface area contributed by atoms with Gasteiger partial charge in [0.05, 0.1) is 40.2 Å². The highest BCUT2D eigenvalue weighted by Gasteiger charge is 2.12. The summed E-state index contributed by atoms with van der Waals surface area (Å²) < 4.78 is 20.7. The van der Waals surface area contributed by atoms with E-state index in [1.807, 2.05) is 0 Å². The van der Waals surface area contributed by atoms with Gasteiger partial charge in [-0.05, 0) is 30.3 Å². The number of carbonyl (C=O) groups is 1. The topological polar surface area (TPSA) is 78.4 Å². The summed E-state index contributed by atoms with van der Waals surface area (Å²) in [4.78, 5) is 12.3. The van der Waals surface area contributed by atoms with Crippen LogP contribution in [0.25, 0.3) is 0 Å². The third kappa shape index (κ3) is 4.41. The van der Waals surface area contributed by atoms with Gasteiger partial charge in [-0.25, -0.2) is 5.43 Å².